The normalized spacial score (nSPS) is 21.1. The Kier molecular flexibility index (Phi) is 5.74. The van der Waals surface area contributed by atoms with Crippen LogP contribution in [-0.4, -0.2) is 53.4 Å². The Labute approximate surface area is 125 Å². The lowest BCUT2D eigenvalue weighted by atomic mass is 10.0. The van der Waals surface area contributed by atoms with E-state index in [2.05, 4.69) is 24.1 Å². The van der Waals surface area contributed by atoms with Crippen LogP contribution in [0.4, 0.5) is 0 Å². The van der Waals surface area contributed by atoms with Gasteiger partial charge in [0.2, 0.25) is 0 Å². The summed E-state index contributed by atoms with van der Waals surface area (Å²) in [5.74, 6) is 2.04. The first-order valence-corrected chi connectivity index (χ1v) is 8.30. The average Bonchev–Trinajstić information content (AvgIpc) is 2.88. The van der Waals surface area contributed by atoms with Gasteiger partial charge in [0, 0.05) is 11.8 Å². The molecule has 114 valence electrons. The van der Waals surface area contributed by atoms with Crippen LogP contribution in [0.5, 0.6) is 5.75 Å². The van der Waals surface area contributed by atoms with Crippen molar-refractivity contribution in [1.82, 2.24) is 14.7 Å². The van der Waals surface area contributed by atoms with Crippen LogP contribution in [0.1, 0.15) is 31.0 Å². The van der Waals surface area contributed by atoms with E-state index < -0.39 is 0 Å². The lowest BCUT2D eigenvalue weighted by Gasteiger charge is -2.28. The smallest absolute Gasteiger partial charge is 0.161 e. The molecule has 0 radical (unpaired) electrons. The molecule has 2 heterocycles. The van der Waals surface area contributed by atoms with Gasteiger partial charge >= 0.3 is 0 Å². The van der Waals surface area contributed by atoms with Crippen molar-refractivity contribution in [2.45, 2.75) is 37.1 Å². The standard InChI is InChI=1S/C14H26N4OS/c1-17(2)7-8-18-14(11(19-3)10-16-18)13(15)12-6-4-5-9-20-12/h10,12-13H,4-9,15H2,1-3H3. The Bertz CT molecular complexity index is 415. The molecule has 0 aliphatic carbocycles. The second kappa shape index (κ2) is 7.33. The lowest BCUT2D eigenvalue weighted by molar-refractivity contribution is 0.359. The van der Waals surface area contributed by atoms with E-state index in [0.717, 1.165) is 24.5 Å². The number of aromatic nitrogens is 2. The van der Waals surface area contributed by atoms with E-state index in [1.54, 1.807) is 13.3 Å². The van der Waals surface area contributed by atoms with Gasteiger partial charge in [-0.05, 0) is 32.7 Å². The first kappa shape index (κ1) is 15.7. The molecule has 6 heteroatoms. The maximum Gasteiger partial charge on any atom is 0.161 e. The van der Waals surface area contributed by atoms with E-state index in [9.17, 15) is 0 Å². The first-order valence-electron chi connectivity index (χ1n) is 7.25. The zero-order valence-corrected chi connectivity index (χ0v) is 13.5. The summed E-state index contributed by atoms with van der Waals surface area (Å²) in [6.45, 7) is 1.79. The molecule has 1 aromatic rings. The van der Waals surface area contributed by atoms with Crippen LogP contribution in [-0.2, 0) is 6.54 Å². The van der Waals surface area contributed by atoms with Crippen molar-refractivity contribution in [3.8, 4) is 5.75 Å². The van der Waals surface area contributed by atoms with Crippen LogP contribution in [0.3, 0.4) is 0 Å². The van der Waals surface area contributed by atoms with Gasteiger partial charge in [0.25, 0.3) is 0 Å². The maximum atomic E-state index is 6.52. The molecule has 1 aliphatic heterocycles. The lowest BCUT2D eigenvalue weighted by Crippen LogP contribution is -2.30. The predicted octanol–water partition coefficient (Wildman–Crippen LogP) is 1.74. The third kappa shape index (κ3) is 3.68. The van der Waals surface area contributed by atoms with Gasteiger partial charge in [0.05, 0.1) is 31.6 Å². The summed E-state index contributed by atoms with van der Waals surface area (Å²) in [6, 6.07) is -0.0000813. The highest BCUT2D eigenvalue weighted by molar-refractivity contribution is 8.00. The van der Waals surface area contributed by atoms with Gasteiger partial charge in [-0.3, -0.25) is 4.68 Å². The Hall–Kier alpha value is -0.720. The summed E-state index contributed by atoms with van der Waals surface area (Å²) in [5, 5.41) is 4.93. The molecule has 1 aliphatic rings. The maximum absolute atomic E-state index is 6.52. The Morgan fingerprint density at radius 1 is 1.55 bits per heavy atom. The van der Waals surface area contributed by atoms with Crippen LogP contribution in [0, 0.1) is 0 Å². The van der Waals surface area contributed by atoms with Crippen molar-refractivity contribution in [2.75, 3.05) is 33.5 Å². The number of hydrogen-bond donors (Lipinski definition) is 1. The Balaban J connectivity index is 2.16. The molecule has 0 saturated carbocycles. The predicted molar refractivity (Wildman–Crippen MR) is 84.4 cm³/mol. The van der Waals surface area contributed by atoms with Gasteiger partial charge in [0.15, 0.2) is 5.75 Å². The molecule has 0 spiro atoms. The molecule has 1 aromatic heterocycles. The van der Waals surface area contributed by atoms with E-state index in [1.807, 2.05) is 16.4 Å². The zero-order chi connectivity index (χ0) is 14.5. The molecule has 0 bridgehead atoms. The van der Waals surface area contributed by atoms with Crippen molar-refractivity contribution in [1.29, 1.82) is 0 Å². The van der Waals surface area contributed by atoms with Gasteiger partial charge in [-0.1, -0.05) is 6.42 Å². The summed E-state index contributed by atoms with van der Waals surface area (Å²) < 4.78 is 7.47. The molecule has 1 fully saturated rings. The second-order valence-corrected chi connectivity index (χ2v) is 6.90. The minimum absolute atomic E-state index is 0.0000813. The molecular weight excluding hydrogens is 272 g/mol. The highest BCUT2D eigenvalue weighted by Gasteiger charge is 2.28. The van der Waals surface area contributed by atoms with Gasteiger partial charge in [-0.25, -0.2) is 0 Å². The monoisotopic (exact) mass is 298 g/mol. The van der Waals surface area contributed by atoms with Gasteiger partial charge < -0.3 is 15.4 Å². The summed E-state index contributed by atoms with van der Waals surface area (Å²) in [7, 11) is 5.83. The van der Waals surface area contributed by atoms with Crippen LogP contribution < -0.4 is 10.5 Å². The minimum atomic E-state index is -0.0000813. The first-order chi connectivity index (χ1) is 9.63. The molecule has 0 aromatic carbocycles. The Morgan fingerprint density at radius 3 is 2.95 bits per heavy atom. The molecule has 2 unspecified atom stereocenters. The highest BCUT2D eigenvalue weighted by atomic mass is 32.2. The number of thioether (sulfide) groups is 1. The number of ether oxygens (including phenoxy) is 1. The Morgan fingerprint density at radius 2 is 2.35 bits per heavy atom. The minimum Gasteiger partial charge on any atom is -0.493 e. The number of hydrogen-bond acceptors (Lipinski definition) is 5. The van der Waals surface area contributed by atoms with Crippen molar-refractivity contribution < 1.29 is 4.74 Å². The number of likely N-dealkylation sites (N-methyl/N-ethyl adjacent to an activating group) is 1. The quantitative estimate of drug-likeness (QED) is 0.867. The fourth-order valence-corrected chi connectivity index (χ4v) is 3.91. The van der Waals surface area contributed by atoms with E-state index in [1.165, 1.54) is 25.0 Å². The van der Waals surface area contributed by atoms with E-state index in [0.29, 0.717) is 5.25 Å². The van der Waals surface area contributed by atoms with Crippen LogP contribution in [0.25, 0.3) is 0 Å². The van der Waals surface area contributed by atoms with Gasteiger partial charge in [-0.15, -0.1) is 0 Å². The molecule has 20 heavy (non-hydrogen) atoms. The highest BCUT2D eigenvalue weighted by Crippen LogP contribution is 2.36. The number of rotatable bonds is 6. The molecule has 2 rings (SSSR count). The summed E-state index contributed by atoms with van der Waals surface area (Å²) >= 11 is 1.99. The fourth-order valence-electron chi connectivity index (χ4n) is 2.57. The average molecular weight is 298 g/mol. The van der Waals surface area contributed by atoms with E-state index in [-0.39, 0.29) is 6.04 Å². The summed E-state index contributed by atoms with van der Waals surface area (Å²) in [5.41, 5.74) is 7.57. The number of nitrogens with two attached hydrogens (primary N) is 1. The van der Waals surface area contributed by atoms with Crippen molar-refractivity contribution in [3.05, 3.63) is 11.9 Å². The van der Waals surface area contributed by atoms with Gasteiger partial charge in [0.1, 0.15) is 0 Å². The molecule has 0 amide bonds. The van der Waals surface area contributed by atoms with Crippen molar-refractivity contribution in [3.63, 3.8) is 0 Å². The van der Waals surface area contributed by atoms with E-state index >= 15 is 0 Å². The molecule has 1 saturated heterocycles. The molecule has 2 N–H and O–H groups in total. The van der Waals surface area contributed by atoms with Crippen LogP contribution >= 0.6 is 11.8 Å². The van der Waals surface area contributed by atoms with Crippen molar-refractivity contribution >= 4 is 11.8 Å². The zero-order valence-electron chi connectivity index (χ0n) is 12.7. The van der Waals surface area contributed by atoms with Gasteiger partial charge in [-0.2, -0.15) is 16.9 Å². The van der Waals surface area contributed by atoms with E-state index in [4.69, 9.17) is 10.5 Å². The van der Waals surface area contributed by atoms with Crippen LogP contribution in [0.15, 0.2) is 6.20 Å². The topological polar surface area (TPSA) is 56.3 Å². The summed E-state index contributed by atoms with van der Waals surface area (Å²) in [6.07, 6.45) is 5.57. The third-order valence-corrected chi connectivity index (χ3v) is 5.24. The van der Waals surface area contributed by atoms with Crippen molar-refractivity contribution in [2.24, 2.45) is 5.73 Å². The SMILES string of the molecule is COc1cnn(CCN(C)C)c1C(N)C1CCCCS1. The number of methoxy groups -OCH3 is 1. The largest absolute Gasteiger partial charge is 0.493 e. The molecule has 5 nitrogen and oxygen atoms in total. The third-order valence-electron chi connectivity index (χ3n) is 3.76. The molecule has 2 atom stereocenters. The van der Waals surface area contributed by atoms with Crippen LogP contribution in [0.2, 0.25) is 0 Å². The summed E-state index contributed by atoms with van der Waals surface area (Å²) in [4.78, 5) is 2.15. The fraction of sp³-hybridized carbons (Fsp3) is 0.786. The number of nitrogens with zero attached hydrogens (tertiary/aromatic N) is 3. The molecular formula is C14H26N4OS. The second-order valence-electron chi connectivity index (χ2n) is 5.56.